The monoisotopic (exact) mass is 269 g/mol. The highest BCUT2D eigenvalue weighted by Crippen LogP contribution is 2.31. The van der Waals surface area contributed by atoms with Crippen LogP contribution in [-0.4, -0.2) is 23.0 Å². The van der Waals surface area contributed by atoms with Gasteiger partial charge in [0.05, 0.1) is 4.92 Å². The van der Waals surface area contributed by atoms with Crippen LogP contribution in [0.3, 0.4) is 0 Å². The van der Waals surface area contributed by atoms with Crippen LogP contribution in [0, 0.1) is 10.1 Å². The van der Waals surface area contributed by atoms with Crippen LogP contribution in [0.1, 0.15) is 12.8 Å². The van der Waals surface area contributed by atoms with Crippen LogP contribution >= 0.6 is 0 Å². The Bertz CT molecular complexity index is 622. The summed E-state index contributed by atoms with van der Waals surface area (Å²) in [7, 11) is 0. The summed E-state index contributed by atoms with van der Waals surface area (Å²) < 4.78 is 0. The van der Waals surface area contributed by atoms with Crippen LogP contribution in [0.4, 0.5) is 11.5 Å². The zero-order valence-corrected chi connectivity index (χ0v) is 11.0. The van der Waals surface area contributed by atoms with Gasteiger partial charge in [-0.25, -0.2) is 4.98 Å². The molecule has 2 heterocycles. The average Bonchev–Trinajstić information content (AvgIpc) is 3.02. The van der Waals surface area contributed by atoms with Crippen LogP contribution < -0.4 is 4.90 Å². The molecule has 1 aromatic heterocycles. The van der Waals surface area contributed by atoms with Crippen molar-refractivity contribution in [2.75, 3.05) is 18.0 Å². The van der Waals surface area contributed by atoms with Crippen molar-refractivity contribution < 1.29 is 4.92 Å². The summed E-state index contributed by atoms with van der Waals surface area (Å²) in [4.78, 5) is 17.5. The first-order valence-corrected chi connectivity index (χ1v) is 6.71. The second-order valence-electron chi connectivity index (χ2n) is 4.85. The Kier molecular flexibility index (Phi) is 3.33. The summed E-state index contributed by atoms with van der Waals surface area (Å²) in [5, 5.41) is 11.2. The zero-order valence-electron chi connectivity index (χ0n) is 11.0. The number of benzene rings is 1. The SMILES string of the molecule is O=[N+]([O-])c1ccc(N2CCCC2)nc1-c1ccccc1. The third-order valence-corrected chi connectivity index (χ3v) is 3.53. The minimum Gasteiger partial charge on any atom is -0.357 e. The molecule has 0 atom stereocenters. The van der Waals surface area contributed by atoms with E-state index in [-0.39, 0.29) is 10.6 Å². The first-order chi connectivity index (χ1) is 9.75. The highest BCUT2D eigenvalue weighted by atomic mass is 16.6. The van der Waals surface area contributed by atoms with Crippen molar-refractivity contribution >= 4 is 11.5 Å². The molecule has 1 fully saturated rings. The third kappa shape index (κ3) is 2.34. The minimum atomic E-state index is -0.372. The van der Waals surface area contributed by atoms with Gasteiger partial charge in [0.2, 0.25) is 0 Å². The second-order valence-corrected chi connectivity index (χ2v) is 4.85. The van der Waals surface area contributed by atoms with Crippen LogP contribution in [0.25, 0.3) is 11.3 Å². The van der Waals surface area contributed by atoms with Gasteiger partial charge in [0.1, 0.15) is 5.82 Å². The molecule has 5 nitrogen and oxygen atoms in total. The van der Waals surface area contributed by atoms with Crippen molar-refractivity contribution in [2.24, 2.45) is 0 Å². The molecule has 0 saturated carbocycles. The van der Waals surface area contributed by atoms with Gasteiger partial charge in [-0.2, -0.15) is 0 Å². The van der Waals surface area contributed by atoms with Crippen molar-refractivity contribution in [1.82, 2.24) is 4.98 Å². The topological polar surface area (TPSA) is 59.3 Å². The van der Waals surface area contributed by atoms with Gasteiger partial charge in [0.25, 0.3) is 5.69 Å². The molecule has 0 spiro atoms. The van der Waals surface area contributed by atoms with Crippen LogP contribution in [0.15, 0.2) is 42.5 Å². The Morgan fingerprint density at radius 1 is 1.05 bits per heavy atom. The highest BCUT2D eigenvalue weighted by molar-refractivity contribution is 5.71. The normalized spacial score (nSPS) is 14.5. The first kappa shape index (κ1) is 12.6. The summed E-state index contributed by atoms with van der Waals surface area (Å²) in [6, 6.07) is 12.6. The summed E-state index contributed by atoms with van der Waals surface area (Å²) in [5.74, 6) is 0.826. The number of nitro groups is 1. The Labute approximate surface area is 117 Å². The predicted molar refractivity (Wildman–Crippen MR) is 77.8 cm³/mol. The molecule has 3 rings (SSSR count). The molecular formula is C15H15N3O2. The largest absolute Gasteiger partial charge is 0.357 e. The van der Waals surface area contributed by atoms with Gasteiger partial charge in [0, 0.05) is 24.7 Å². The molecular weight excluding hydrogens is 254 g/mol. The summed E-state index contributed by atoms with van der Waals surface area (Å²) in [5.41, 5.74) is 1.28. The Hall–Kier alpha value is -2.43. The molecule has 0 N–H and O–H groups in total. The molecule has 1 aromatic carbocycles. The molecule has 0 amide bonds. The highest BCUT2D eigenvalue weighted by Gasteiger charge is 2.20. The van der Waals surface area contributed by atoms with E-state index in [1.807, 2.05) is 30.3 Å². The van der Waals surface area contributed by atoms with Crippen molar-refractivity contribution in [3.05, 3.63) is 52.6 Å². The van der Waals surface area contributed by atoms with Gasteiger partial charge < -0.3 is 4.90 Å². The van der Waals surface area contributed by atoms with Gasteiger partial charge in [-0.1, -0.05) is 30.3 Å². The lowest BCUT2D eigenvalue weighted by Gasteiger charge is -2.17. The van der Waals surface area contributed by atoms with E-state index in [1.165, 1.54) is 0 Å². The number of hydrogen-bond acceptors (Lipinski definition) is 4. The standard InChI is InChI=1S/C15H15N3O2/c19-18(20)13-8-9-14(17-10-4-5-11-17)16-15(13)12-6-2-1-3-7-12/h1-3,6-9H,4-5,10-11H2. The molecule has 1 saturated heterocycles. The molecule has 1 aliphatic heterocycles. The molecule has 0 unspecified atom stereocenters. The van der Waals surface area contributed by atoms with Crippen molar-refractivity contribution in [3.8, 4) is 11.3 Å². The number of hydrogen-bond donors (Lipinski definition) is 0. The van der Waals surface area contributed by atoms with Gasteiger partial charge in [-0.05, 0) is 18.9 Å². The van der Waals surface area contributed by atoms with E-state index in [2.05, 4.69) is 9.88 Å². The maximum Gasteiger partial charge on any atom is 0.295 e. The van der Waals surface area contributed by atoms with Crippen LogP contribution in [0.5, 0.6) is 0 Å². The average molecular weight is 269 g/mol. The number of pyridine rings is 1. The minimum absolute atomic E-state index is 0.0548. The molecule has 0 aliphatic carbocycles. The van der Waals surface area contributed by atoms with Gasteiger partial charge in [0.15, 0.2) is 5.69 Å². The summed E-state index contributed by atoms with van der Waals surface area (Å²) in [6.07, 6.45) is 2.30. The van der Waals surface area contributed by atoms with Gasteiger partial charge in [-0.15, -0.1) is 0 Å². The van der Waals surface area contributed by atoms with Crippen molar-refractivity contribution in [3.63, 3.8) is 0 Å². The maximum atomic E-state index is 11.2. The quantitative estimate of drug-likeness (QED) is 0.634. The lowest BCUT2D eigenvalue weighted by atomic mass is 10.1. The summed E-state index contributed by atoms with van der Waals surface area (Å²) >= 11 is 0. The Morgan fingerprint density at radius 2 is 1.75 bits per heavy atom. The van der Waals surface area contributed by atoms with Gasteiger partial charge >= 0.3 is 0 Å². The lowest BCUT2D eigenvalue weighted by Crippen LogP contribution is -2.19. The molecule has 20 heavy (non-hydrogen) atoms. The van der Waals surface area contributed by atoms with E-state index >= 15 is 0 Å². The van der Waals surface area contributed by atoms with E-state index in [0.717, 1.165) is 37.3 Å². The first-order valence-electron chi connectivity index (χ1n) is 6.71. The van der Waals surface area contributed by atoms with Gasteiger partial charge in [-0.3, -0.25) is 10.1 Å². The smallest absolute Gasteiger partial charge is 0.295 e. The second kappa shape index (κ2) is 5.28. The van der Waals surface area contributed by atoms with Crippen LogP contribution in [-0.2, 0) is 0 Å². The van der Waals surface area contributed by atoms with Crippen LogP contribution in [0.2, 0.25) is 0 Å². The summed E-state index contributed by atoms with van der Waals surface area (Å²) in [6.45, 7) is 1.94. The molecule has 5 heteroatoms. The predicted octanol–water partition coefficient (Wildman–Crippen LogP) is 3.26. The van der Waals surface area contributed by atoms with Crippen molar-refractivity contribution in [2.45, 2.75) is 12.8 Å². The Balaban J connectivity index is 2.08. The number of nitrogens with zero attached hydrogens (tertiary/aromatic N) is 3. The lowest BCUT2D eigenvalue weighted by molar-refractivity contribution is -0.384. The number of anilines is 1. The molecule has 1 aliphatic rings. The maximum absolute atomic E-state index is 11.2. The molecule has 0 radical (unpaired) electrons. The van der Waals surface area contributed by atoms with E-state index in [1.54, 1.807) is 12.1 Å². The van der Waals surface area contributed by atoms with E-state index in [9.17, 15) is 10.1 Å². The molecule has 102 valence electrons. The number of aromatic nitrogens is 1. The van der Waals surface area contributed by atoms with Crippen molar-refractivity contribution in [1.29, 1.82) is 0 Å². The zero-order chi connectivity index (χ0) is 13.9. The molecule has 0 bridgehead atoms. The van der Waals surface area contributed by atoms with E-state index in [4.69, 9.17) is 0 Å². The fraction of sp³-hybridized carbons (Fsp3) is 0.267. The Morgan fingerprint density at radius 3 is 2.40 bits per heavy atom. The fourth-order valence-electron chi connectivity index (χ4n) is 2.52. The third-order valence-electron chi connectivity index (χ3n) is 3.53. The van der Waals surface area contributed by atoms with E-state index in [0.29, 0.717) is 5.69 Å². The number of rotatable bonds is 3. The van der Waals surface area contributed by atoms with E-state index < -0.39 is 0 Å². The fourth-order valence-corrected chi connectivity index (χ4v) is 2.52. The molecule has 2 aromatic rings.